The van der Waals surface area contributed by atoms with Crippen LogP contribution in [0.15, 0.2) is 4.99 Å². The molecule has 0 aliphatic carbocycles. The van der Waals surface area contributed by atoms with Gasteiger partial charge in [-0.3, -0.25) is 9.89 Å². The van der Waals surface area contributed by atoms with Gasteiger partial charge in [0.05, 0.1) is 0 Å². The average molecular weight is 268 g/mol. The number of rotatable bonds is 8. The Bertz CT molecular complexity index is 253. The number of piperidine rings is 1. The number of aliphatic imine (C=N–C) groups is 1. The lowest BCUT2D eigenvalue weighted by molar-refractivity contribution is 0.164. The fourth-order valence-electron chi connectivity index (χ4n) is 2.61. The molecule has 1 saturated heterocycles. The number of unbranched alkanes of at least 4 members (excludes halogenated alkanes) is 3. The van der Waals surface area contributed by atoms with Crippen molar-refractivity contribution in [3.8, 4) is 0 Å². The molecule has 1 unspecified atom stereocenters. The van der Waals surface area contributed by atoms with Gasteiger partial charge < -0.3 is 11.1 Å². The average Bonchev–Trinajstić information content (AvgIpc) is 2.41. The van der Waals surface area contributed by atoms with E-state index in [2.05, 4.69) is 29.1 Å². The molecule has 0 spiro atoms. The van der Waals surface area contributed by atoms with Crippen LogP contribution in [0.25, 0.3) is 0 Å². The molecule has 112 valence electrons. The van der Waals surface area contributed by atoms with Gasteiger partial charge in [0.2, 0.25) is 0 Å². The Balaban J connectivity index is 2.05. The second-order valence-electron chi connectivity index (χ2n) is 5.64. The second-order valence-corrected chi connectivity index (χ2v) is 5.64. The Labute approximate surface area is 118 Å². The molecule has 1 heterocycles. The summed E-state index contributed by atoms with van der Waals surface area (Å²) in [4.78, 5) is 6.91. The van der Waals surface area contributed by atoms with Gasteiger partial charge in [0.25, 0.3) is 0 Å². The topological polar surface area (TPSA) is 53.6 Å². The monoisotopic (exact) mass is 268 g/mol. The van der Waals surface area contributed by atoms with Crippen LogP contribution in [0, 0.1) is 0 Å². The first-order chi connectivity index (χ1) is 9.24. The summed E-state index contributed by atoms with van der Waals surface area (Å²) in [5.74, 6) is 0.612. The molecule has 3 N–H and O–H groups in total. The maximum atomic E-state index is 5.86. The van der Waals surface area contributed by atoms with E-state index >= 15 is 0 Å². The number of likely N-dealkylation sites (tertiary alicyclic amines) is 1. The third-order valence-electron chi connectivity index (χ3n) is 3.94. The molecular formula is C15H32N4. The zero-order valence-electron chi connectivity index (χ0n) is 12.8. The number of hydrogen-bond acceptors (Lipinski definition) is 2. The Hall–Kier alpha value is -0.770. The summed E-state index contributed by atoms with van der Waals surface area (Å²) in [5, 5.41) is 3.23. The van der Waals surface area contributed by atoms with Crippen LogP contribution in [0.4, 0.5) is 0 Å². The zero-order valence-corrected chi connectivity index (χ0v) is 12.8. The molecule has 0 radical (unpaired) electrons. The fraction of sp³-hybridized carbons (Fsp3) is 0.933. The summed E-state index contributed by atoms with van der Waals surface area (Å²) in [6, 6.07) is 0.725. The summed E-state index contributed by atoms with van der Waals surface area (Å²) < 4.78 is 0. The van der Waals surface area contributed by atoms with Gasteiger partial charge in [-0.2, -0.15) is 0 Å². The molecule has 1 aliphatic rings. The van der Waals surface area contributed by atoms with E-state index in [1.54, 1.807) is 0 Å². The number of nitrogens with two attached hydrogens (primary N) is 1. The smallest absolute Gasteiger partial charge is 0.188 e. The highest BCUT2D eigenvalue weighted by molar-refractivity contribution is 5.77. The van der Waals surface area contributed by atoms with Gasteiger partial charge in [-0.15, -0.1) is 0 Å². The normalized spacial score (nSPS) is 21.6. The number of nitrogens with zero attached hydrogens (tertiary/aromatic N) is 2. The maximum absolute atomic E-state index is 5.86. The standard InChI is InChI=1S/C15H32N4/c1-3-4-5-7-10-17-15(16)18-11-13-19-12-8-6-9-14(19)2/h14H,3-13H2,1-2H3,(H3,16,17,18). The lowest BCUT2D eigenvalue weighted by Gasteiger charge is -2.33. The van der Waals surface area contributed by atoms with Crippen LogP contribution in [-0.2, 0) is 0 Å². The summed E-state index contributed by atoms with van der Waals surface area (Å²) in [6.07, 6.45) is 9.04. The van der Waals surface area contributed by atoms with Crippen LogP contribution in [0.1, 0.15) is 58.8 Å². The van der Waals surface area contributed by atoms with Crippen molar-refractivity contribution in [3.63, 3.8) is 0 Å². The van der Waals surface area contributed by atoms with Crippen molar-refractivity contribution >= 4 is 5.96 Å². The van der Waals surface area contributed by atoms with Crippen LogP contribution in [0.3, 0.4) is 0 Å². The molecule has 1 aliphatic heterocycles. The number of guanidine groups is 1. The van der Waals surface area contributed by atoms with E-state index in [-0.39, 0.29) is 0 Å². The van der Waals surface area contributed by atoms with Crippen LogP contribution in [-0.4, -0.2) is 43.1 Å². The van der Waals surface area contributed by atoms with Crippen molar-refractivity contribution in [2.45, 2.75) is 64.8 Å². The van der Waals surface area contributed by atoms with E-state index in [1.165, 1.54) is 45.1 Å². The minimum Gasteiger partial charge on any atom is -0.370 e. The number of nitrogens with one attached hydrogen (secondary N) is 1. The van der Waals surface area contributed by atoms with Gasteiger partial charge in [-0.25, -0.2) is 0 Å². The molecule has 1 rings (SSSR count). The summed E-state index contributed by atoms with van der Waals surface area (Å²) in [7, 11) is 0. The minimum atomic E-state index is 0.612. The van der Waals surface area contributed by atoms with Crippen molar-refractivity contribution < 1.29 is 0 Å². The largest absolute Gasteiger partial charge is 0.370 e. The van der Waals surface area contributed by atoms with Crippen molar-refractivity contribution in [1.29, 1.82) is 0 Å². The van der Waals surface area contributed by atoms with E-state index < -0.39 is 0 Å². The van der Waals surface area contributed by atoms with Crippen LogP contribution >= 0.6 is 0 Å². The molecule has 0 aromatic carbocycles. The third kappa shape index (κ3) is 7.41. The van der Waals surface area contributed by atoms with E-state index in [1.807, 2.05) is 0 Å². The first-order valence-corrected chi connectivity index (χ1v) is 8.02. The summed E-state index contributed by atoms with van der Waals surface area (Å²) in [5.41, 5.74) is 5.86. The molecule has 0 bridgehead atoms. The Kier molecular flexibility index (Phi) is 8.63. The third-order valence-corrected chi connectivity index (χ3v) is 3.94. The molecule has 0 aromatic heterocycles. The lowest BCUT2D eigenvalue weighted by atomic mass is 10.0. The van der Waals surface area contributed by atoms with Crippen LogP contribution in [0.5, 0.6) is 0 Å². The van der Waals surface area contributed by atoms with Crippen molar-refractivity contribution in [2.24, 2.45) is 10.7 Å². The number of hydrogen-bond donors (Lipinski definition) is 2. The van der Waals surface area contributed by atoms with Crippen molar-refractivity contribution in [2.75, 3.05) is 26.2 Å². The summed E-state index contributed by atoms with van der Waals surface area (Å²) in [6.45, 7) is 8.63. The van der Waals surface area contributed by atoms with Gasteiger partial charge in [0.15, 0.2) is 5.96 Å². The predicted molar refractivity (Wildman–Crippen MR) is 83.5 cm³/mol. The fourth-order valence-corrected chi connectivity index (χ4v) is 2.61. The molecule has 1 atom stereocenters. The van der Waals surface area contributed by atoms with E-state index in [4.69, 9.17) is 5.73 Å². The highest BCUT2D eigenvalue weighted by Gasteiger charge is 2.17. The van der Waals surface area contributed by atoms with E-state index in [0.29, 0.717) is 5.96 Å². The molecule has 1 fully saturated rings. The SMILES string of the molecule is CCCCCCN=C(N)NCCN1CCCCC1C. The first kappa shape index (κ1) is 16.3. The zero-order chi connectivity index (χ0) is 13.9. The first-order valence-electron chi connectivity index (χ1n) is 8.02. The lowest BCUT2D eigenvalue weighted by Crippen LogP contribution is -2.43. The molecule has 4 nitrogen and oxygen atoms in total. The highest BCUT2D eigenvalue weighted by Crippen LogP contribution is 2.15. The van der Waals surface area contributed by atoms with Crippen molar-refractivity contribution in [3.05, 3.63) is 0 Å². The van der Waals surface area contributed by atoms with E-state index in [0.717, 1.165) is 32.1 Å². The quantitative estimate of drug-likeness (QED) is 0.404. The van der Waals surface area contributed by atoms with Crippen molar-refractivity contribution in [1.82, 2.24) is 10.2 Å². The second kappa shape index (κ2) is 10.1. The Morgan fingerprint density at radius 2 is 2.16 bits per heavy atom. The molecule has 19 heavy (non-hydrogen) atoms. The summed E-state index contributed by atoms with van der Waals surface area (Å²) >= 11 is 0. The van der Waals surface area contributed by atoms with Gasteiger partial charge >= 0.3 is 0 Å². The predicted octanol–water partition coefficient (Wildman–Crippen LogP) is 2.35. The van der Waals surface area contributed by atoms with Gasteiger partial charge in [-0.05, 0) is 32.7 Å². The Morgan fingerprint density at radius 1 is 1.32 bits per heavy atom. The van der Waals surface area contributed by atoms with Crippen LogP contribution in [0.2, 0.25) is 0 Å². The molecule has 0 amide bonds. The molecule has 4 heteroatoms. The minimum absolute atomic E-state index is 0.612. The van der Waals surface area contributed by atoms with E-state index in [9.17, 15) is 0 Å². The molecular weight excluding hydrogens is 236 g/mol. The molecule has 0 aromatic rings. The maximum Gasteiger partial charge on any atom is 0.188 e. The Morgan fingerprint density at radius 3 is 2.89 bits per heavy atom. The molecule has 0 saturated carbocycles. The highest BCUT2D eigenvalue weighted by atomic mass is 15.2. The van der Waals surface area contributed by atoms with Gasteiger partial charge in [0.1, 0.15) is 0 Å². The van der Waals surface area contributed by atoms with Crippen LogP contribution < -0.4 is 11.1 Å². The van der Waals surface area contributed by atoms with Gasteiger partial charge in [-0.1, -0.05) is 32.6 Å². The van der Waals surface area contributed by atoms with Gasteiger partial charge in [0, 0.05) is 25.7 Å².